The van der Waals surface area contributed by atoms with Gasteiger partial charge < -0.3 is 25.8 Å². The first-order valence-corrected chi connectivity index (χ1v) is 13.1. The Morgan fingerprint density at radius 2 is 1.95 bits per heavy atom. The lowest BCUT2D eigenvalue weighted by atomic mass is 9.94. The number of aromatic nitrogens is 4. The number of likely N-dealkylation sites (tertiary alicyclic amines) is 1. The summed E-state index contributed by atoms with van der Waals surface area (Å²) in [6.07, 6.45) is 5.72. The number of carbonyl (C=O) groups is 1. The highest BCUT2D eigenvalue weighted by Gasteiger charge is 2.27. The molecule has 0 atom stereocenters. The molecule has 4 bridgehead atoms. The number of imidazole rings is 1. The normalized spacial score (nSPS) is 16.5. The molecule has 2 aliphatic rings. The molecule has 1 fully saturated rings. The number of benzene rings is 2. The molecule has 0 radical (unpaired) electrons. The van der Waals surface area contributed by atoms with E-state index in [2.05, 4.69) is 74.9 Å². The van der Waals surface area contributed by atoms with Gasteiger partial charge in [0.2, 0.25) is 5.91 Å². The number of aromatic hydroxyl groups is 1. The van der Waals surface area contributed by atoms with Crippen LogP contribution in [0, 0.1) is 0 Å². The van der Waals surface area contributed by atoms with Gasteiger partial charge in [-0.25, -0.2) is 0 Å². The van der Waals surface area contributed by atoms with Crippen LogP contribution < -0.4 is 15.8 Å². The van der Waals surface area contributed by atoms with E-state index in [-0.39, 0.29) is 23.7 Å². The van der Waals surface area contributed by atoms with E-state index < -0.39 is 0 Å². The fraction of sp³-hybridized carbons (Fsp3) is 0.310. The topological polar surface area (TPSA) is 131 Å². The van der Waals surface area contributed by atoms with Gasteiger partial charge in [0.05, 0.1) is 13.2 Å². The van der Waals surface area contributed by atoms with Crippen LogP contribution in [-0.2, 0) is 24.3 Å². The number of nitrogens with zero attached hydrogens (tertiary/aromatic N) is 5. The van der Waals surface area contributed by atoms with Crippen molar-refractivity contribution in [1.29, 1.82) is 0 Å². The molecule has 6 rings (SSSR count). The van der Waals surface area contributed by atoms with Gasteiger partial charge in [0.1, 0.15) is 0 Å². The molecular weight excluding hydrogens is 494 g/mol. The van der Waals surface area contributed by atoms with E-state index in [4.69, 9.17) is 10.5 Å². The van der Waals surface area contributed by atoms with E-state index in [0.29, 0.717) is 36.8 Å². The summed E-state index contributed by atoms with van der Waals surface area (Å²) >= 11 is 0. The number of anilines is 1. The number of allylic oxidation sites excluding steroid dienone is 1. The van der Waals surface area contributed by atoms with Crippen molar-refractivity contribution < 1.29 is 14.6 Å². The molecule has 2 aromatic carbocycles. The van der Waals surface area contributed by atoms with Crippen LogP contribution >= 0.6 is 0 Å². The summed E-state index contributed by atoms with van der Waals surface area (Å²) < 4.78 is 7.34. The van der Waals surface area contributed by atoms with E-state index in [1.54, 1.807) is 11.5 Å². The van der Waals surface area contributed by atoms with Crippen LogP contribution in [0.2, 0.25) is 0 Å². The Balaban J connectivity index is 1.25. The first-order valence-electron chi connectivity index (χ1n) is 13.1. The van der Waals surface area contributed by atoms with Crippen LogP contribution in [0.25, 0.3) is 22.3 Å². The highest BCUT2D eigenvalue weighted by atomic mass is 16.5. The predicted molar refractivity (Wildman–Crippen MR) is 148 cm³/mol. The molecule has 0 saturated carbocycles. The Morgan fingerprint density at radius 3 is 2.74 bits per heavy atom. The van der Waals surface area contributed by atoms with Crippen LogP contribution in [0.15, 0.2) is 54.6 Å². The van der Waals surface area contributed by atoms with Crippen molar-refractivity contribution in [3.05, 3.63) is 71.3 Å². The number of ether oxygens (including phenoxy) is 1. The zero-order valence-corrected chi connectivity index (χ0v) is 21.8. The van der Waals surface area contributed by atoms with Crippen LogP contribution in [0.1, 0.15) is 30.0 Å². The van der Waals surface area contributed by atoms with E-state index in [9.17, 15) is 9.90 Å². The molecule has 4 N–H and O–H groups in total. The van der Waals surface area contributed by atoms with Gasteiger partial charge in [-0.1, -0.05) is 54.6 Å². The third-order valence-corrected chi connectivity index (χ3v) is 7.30. The standard InChI is InChI=1S/C29H31N7O3/c1-18(37)35-16-23(17-35)31-14-19-6-9-21(10-7-19)24-11-8-20-13-22(24)5-3-2-4-12-39-28-33-26(30)25-27(34-28)36(15-20)29(38)32-25/h2-3,6-11,13,23,31H,4-5,12,14-17H2,1H3,(H,32,38)(H2,30,33,34)/b3-2-. The number of fused-ring (bicyclic) bond motifs is 3. The molecule has 200 valence electrons. The molecule has 10 nitrogen and oxygen atoms in total. The molecule has 2 aliphatic heterocycles. The zero-order chi connectivity index (χ0) is 26.9. The Bertz CT molecular complexity index is 1560. The van der Waals surface area contributed by atoms with Crippen LogP contribution in [0.3, 0.4) is 0 Å². The second kappa shape index (κ2) is 10.4. The molecule has 4 aromatic rings. The number of amides is 1. The Kier molecular flexibility index (Phi) is 6.62. The first kappa shape index (κ1) is 24.9. The number of rotatable bonds is 4. The van der Waals surface area contributed by atoms with E-state index >= 15 is 0 Å². The Labute approximate surface area is 226 Å². The van der Waals surface area contributed by atoms with Crippen molar-refractivity contribution in [2.24, 2.45) is 0 Å². The monoisotopic (exact) mass is 525 g/mol. The number of nitrogens with one attached hydrogen (secondary N) is 1. The molecule has 0 spiro atoms. The summed E-state index contributed by atoms with van der Waals surface area (Å²) in [5.41, 5.74) is 12.6. The van der Waals surface area contributed by atoms with Gasteiger partial charge in [0.25, 0.3) is 6.01 Å². The van der Waals surface area contributed by atoms with Crippen molar-refractivity contribution in [3.8, 4) is 23.1 Å². The Hall–Kier alpha value is -4.44. The maximum Gasteiger partial charge on any atom is 0.320 e. The van der Waals surface area contributed by atoms with Gasteiger partial charge in [-0.2, -0.15) is 15.0 Å². The molecule has 1 amide bonds. The van der Waals surface area contributed by atoms with Crippen LogP contribution in [0.4, 0.5) is 5.82 Å². The summed E-state index contributed by atoms with van der Waals surface area (Å²) in [7, 11) is 0. The highest BCUT2D eigenvalue weighted by molar-refractivity contribution is 5.83. The summed E-state index contributed by atoms with van der Waals surface area (Å²) in [5.74, 6) is 0.306. The molecular formula is C29H31N7O3. The fourth-order valence-corrected chi connectivity index (χ4v) is 5.05. The molecule has 0 aliphatic carbocycles. The van der Waals surface area contributed by atoms with Crippen molar-refractivity contribution in [2.75, 3.05) is 25.4 Å². The average Bonchev–Trinajstić information content (AvgIpc) is 3.20. The minimum Gasteiger partial charge on any atom is -0.480 e. The Morgan fingerprint density at radius 1 is 1.13 bits per heavy atom. The number of carbonyl (C=O) groups excluding carboxylic acids is 1. The number of hydrogen-bond acceptors (Lipinski definition) is 8. The van der Waals surface area contributed by atoms with E-state index in [0.717, 1.165) is 42.7 Å². The lowest BCUT2D eigenvalue weighted by Crippen LogP contribution is -2.59. The molecule has 2 aromatic heterocycles. The highest BCUT2D eigenvalue weighted by Crippen LogP contribution is 2.29. The number of nitrogens with two attached hydrogens (primary N) is 1. The lowest BCUT2D eigenvalue weighted by Gasteiger charge is -2.39. The third-order valence-electron chi connectivity index (χ3n) is 7.30. The third kappa shape index (κ3) is 5.15. The predicted octanol–water partition coefficient (Wildman–Crippen LogP) is 3.03. The lowest BCUT2D eigenvalue weighted by molar-refractivity contribution is -0.133. The summed E-state index contributed by atoms with van der Waals surface area (Å²) in [6, 6.07) is 15.3. The van der Waals surface area contributed by atoms with E-state index in [1.807, 2.05) is 4.90 Å². The summed E-state index contributed by atoms with van der Waals surface area (Å²) in [6.45, 7) is 4.72. The average molecular weight is 526 g/mol. The largest absolute Gasteiger partial charge is 0.480 e. The van der Waals surface area contributed by atoms with Gasteiger partial charge in [-0.15, -0.1) is 0 Å². The summed E-state index contributed by atoms with van der Waals surface area (Å²) in [4.78, 5) is 26.1. The van der Waals surface area contributed by atoms with E-state index in [1.165, 1.54) is 11.1 Å². The quantitative estimate of drug-likeness (QED) is 0.347. The van der Waals surface area contributed by atoms with Crippen molar-refractivity contribution in [2.45, 2.75) is 38.9 Å². The molecule has 39 heavy (non-hydrogen) atoms. The van der Waals surface area contributed by atoms with Gasteiger partial charge in [0, 0.05) is 32.6 Å². The minimum atomic E-state index is -0.166. The van der Waals surface area contributed by atoms with Crippen molar-refractivity contribution in [1.82, 2.24) is 29.7 Å². The second-order valence-electron chi connectivity index (χ2n) is 10.1. The molecule has 10 heteroatoms. The number of nitrogen functional groups attached to an aromatic ring is 1. The maximum atomic E-state index is 11.4. The fourth-order valence-electron chi connectivity index (χ4n) is 5.05. The smallest absolute Gasteiger partial charge is 0.320 e. The molecule has 4 heterocycles. The molecule has 1 saturated heterocycles. The number of hydrogen-bond donors (Lipinski definition) is 3. The van der Waals surface area contributed by atoms with Crippen LogP contribution in [0.5, 0.6) is 12.0 Å². The van der Waals surface area contributed by atoms with Gasteiger partial charge in [0.15, 0.2) is 17.0 Å². The zero-order valence-electron chi connectivity index (χ0n) is 21.8. The van der Waals surface area contributed by atoms with Gasteiger partial charge in [-0.05, 0) is 40.7 Å². The maximum absolute atomic E-state index is 11.4. The van der Waals surface area contributed by atoms with Crippen LogP contribution in [-0.4, -0.2) is 61.2 Å². The van der Waals surface area contributed by atoms with Gasteiger partial charge >= 0.3 is 6.01 Å². The minimum absolute atomic E-state index is 0.133. The molecule has 0 unspecified atom stereocenters. The SMILES string of the molecule is CC(=O)N1CC(NCc2ccc(-c3ccc4cc3C/C=C\CCOc3nc(N)c5nc(O)n(c5n3)C4)cc2)C1. The second-order valence-corrected chi connectivity index (χ2v) is 10.1. The first-order chi connectivity index (χ1) is 18.9. The van der Waals surface area contributed by atoms with Crippen molar-refractivity contribution in [3.63, 3.8) is 0 Å². The van der Waals surface area contributed by atoms with Crippen molar-refractivity contribution >= 4 is 22.9 Å². The van der Waals surface area contributed by atoms with Gasteiger partial charge in [-0.3, -0.25) is 9.36 Å². The summed E-state index contributed by atoms with van der Waals surface area (Å²) in [5, 5.41) is 14.1.